The van der Waals surface area contributed by atoms with Crippen LogP contribution in [0.4, 0.5) is 0 Å². The van der Waals surface area contributed by atoms with Crippen LogP contribution in [0.3, 0.4) is 0 Å². The molecule has 5 nitrogen and oxygen atoms in total. The van der Waals surface area contributed by atoms with Gasteiger partial charge in [-0.05, 0) is 31.0 Å². The van der Waals surface area contributed by atoms with Crippen LogP contribution in [0.1, 0.15) is 12.0 Å². The Bertz CT molecular complexity index is 629. The van der Waals surface area contributed by atoms with E-state index in [2.05, 4.69) is 4.74 Å². The second kappa shape index (κ2) is 5.71. The number of benzene rings is 1. The summed E-state index contributed by atoms with van der Waals surface area (Å²) >= 11 is 5.97. The lowest BCUT2D eigenvalue weighted by molar-refractivity contribution is -0.144. The van der Waals surface area contributed by atoms with Gasteiger partial charge >= 0.3 is 5.97 Å². The Morgan fingerprint density at radius 3 is 2.80 bits per heavy atom. The molecule has 0 spiro atoms. The monoisotopic (exact) mass is 317 g/mol. The molecule has 110 valence electrons. The molecule has 0 bridgehead atoms. The average molecular weight is 318 g/mol. The van der Waals surface area contributed by atoms with E-state index in [0.29, 0.717) is 23.6 Å². The van der Waals surface area contributed by atoms with Crippen LogP contribution < -0.4 is 0 Å². The molecule has 1 saturated heterocycles. The number of carbonyl (C=O) groups excluding carboxylic acids is 1. The van der Waals surface area contributed by atoms with E-state index in [-0.39, 0.29) is 17.4 Å². The molecule has 0 aromatic heterocycles. The molecule has 20 heavy (non-hydrogen) atoms. The second-order valence-electron chi connectivity index (χ2n) is 4.73. The van der Waals surface area contributed by atoms with Gasteiger partial charge in [0.15, 0.2) is 0 Å². The highest BCUT2D eigenvalue weighted by molar-refractivity contribution is 7.89. The van der Waals surface area contributed by atoms with E-state index in [1.807, 2.05) is 0 Å². The zero-order chi connectivity index (χ0) is 14.9. The van der Waals surface area contributed by atoms with Crippen molar-refractivity contribution in [2.45, 2.75) is 18.2 Å². The summed E-state index contributed by atoms with van der Waals surface area (Å²) in [7, 11) is -2.32. The third-order valence-corrected chi connectivity index (χ3v) is 5.94. The maximum absolute atomic E-state index is 12.6. The maximum Gasteiger partial charge on any atom is 0.310 e. The van der Waals surface area contributed by atoms with Crippen molar-refractivity contribution in [2.24, 2.45) is 5.92 Å². The molecule has 1 heterocycles. The average Bonchev–Trinajstić information content (AvgIpc) is 2.91. The zero-order valence-electron chi connectivity index (χ0n) is 11.3. The van der Waals surface area contributed by atoms with Gasteiger partial charge in [-0.15, -0.1) is 0 Å². The van der Waals surface area contributed by atoms with Gasteiger partial charge in [-0.3, -0.25) is 4.79 Å². The van der Waals surface area contributed by atoms with Crippen LogP contribution in [0.2, 0.25) is 5.02 Å². The molecule has 0 radical (unpaired) electrons. The SMILES string of the molecule is COC(=O)C1CCN(S(=O)(=O)c2cccc(Cl)c2C)C1. The van der Waals surface area contributed by atoms with Gasteiger partial charge < -0.3 is 4.74 Å². The van der Waals surface area contributed by atoms with Gasteiger partial charge in [0, 0.05) is 18.1 Å². The van der Waals surface area contributed by atoms with Crippen molar-refractivity contribution in [3.63, 3.8) is 0 Å². The normalized spacial score (nSPS) is 20.1. The fraction of sp³-hybridized carbons (Fsp3) is 0.462. The number of esters is 1. The molecule has 1 aromatic carbocycles. The Labute approximate surface area is 123 Å². The van der Waals surface area contributed by atoms with Crippen molar-refractivity contribution < 1.29 is 17.9 Å². The summed E-state index contributed by atoms with van der Waals surface area (Å²) in [5.74, 6) is -0.764. The van der Waals surface area contributed by atoms with Crippen molar-refractivity contribution >= 4 is 27.6 Å². The van der Waals surface area contributed by atoms with E-state index in [1.165, 1.54) is 17.5 Å². The molecule has 0 N–H and O–H groups in total. The van der Waals surface area contributed by atoms with Crippen LogP contribution in [0.25, 0.3) is 0 Å². The Kier molecular flexibility index (Phi) is 4.36. The molecule has 1 atom stereocenters. The fourth-order valence-electron chi connectivity index (χ4n) is 2.31. The number of rotatable bonds is 3. The van der Waals surface area contributed by atoms with Gasteiger partial charge in [0.2, 0.25) is 10.0 Å². The third kappa shape index (κ3) is 2.68. The zero-order valence-corrected chi connectivity index (χ0v) is 12.9. The molecule has 1 unspecified atom stereocenters. The first-order valence-corrected chi connectivity index (χ1v) is 8.03. The van der Waals surface area contributed by atoms with Gasteiger partial charge in [-0.2, -0.15) is 4.31 Å². The van der Waals surface area contributed by atoms with E-state index in [1.54, 1.807) is 19.1 Å². The first-order chi connectivity index (χ1) is 9.37. The predicted molar refractivity (Wildman–Crippen MR) is 75.1 cm³/mol. The van der Waals surface area contributed by atoms with Crippen molar-refractivity contribution in [1.29, 1.82) is 0 Å². The van der Waals surface area contributed by atoms with Crippen molar-refractivity contribution in [3.8, 4) is 0 Å². The number of nitrogens with zero attached hydrogens (tertiary/aromatic N) is 1. The summed E-state index contributed by atoms with van der Waals surface area (Å²) in [5.41, 5.74) is 0.524. The van der Waals surface area contributed by atoms with Gasteiger partial charge in [-0.1, -0.05) is 17.7 Å². The number of halogens is 1. The Morgan fingerprint density at radius 2 is 2.15 bits per heavy atom. The topological polar surface area (TPSA) is 63.7 Å². The molecule has 1 fully saturated rings. The minimum absolute atomic E-state index is 0.154. The van der Waals surface area contributed by atoms with Gasteiger partial charge in [0.1, 0.15) is 0 Å². The Hall–Kier alpha value is -1.11. The number of sulfonamides is 1. The first kappa shape index (κ1) is 15.3. The molecular weight excluding hydrogens is 302 g/mol. The highest BCUT2D eigenvalue weighted by Crippen LogP contribution is 2.29. The summed E-state index contributed by atoms with van der Waals surface area (Å²) in [5, 5.41) is 0.412. The number of ether oxygens (including phenoxy) is 1. The highest BCUT2D eigenvalue weighted by atomic mass is 35.5. The van der Waals surface area contributed by atoms with Crippen LogP contribution in [0, 0.1) is 12.8 Å². The summed E-state index contributed by atoms with van der Waals surface area (Å²) in [4.78, 5) is 11.7. The van der Waals surface area contributed by atoms with Gasteiger partial charge in [-0.25, -0.2) is 8.42 Å². The lowest BCUT2D eigenvalue weighted by atomic mass is 10.1. The lowest BCUT2D eigenvalue weighted by Gasteiger charge is -2.18. The van der Waals surface area contributed by atoms with Crippen molar-refractivity contribution in [3.05, 3.63) is 28.8 Å². The van der Waals surface area contributed by atoms with E-state index in [4.69, 9.17) is 11.6 Å². The van der Waals surface area contributed by atoms with Crippen LogP contribution >= 0.6 is 11.6 Å². The smallest absolute Gasteiger partial charge is 0.310 e. The Morgan fingerprint density at radius 1 is 1.45 bits per heavy atom. The molecule has 1 aliphatic heterocycles. The highest BCUT2D eigenvalue weighted by Gasteiger charge is 2.37. The quantitative estimate of drug-likeness (QED) is 0.798. The molecule has 0 amide bonds. The summed E-state index contributed by atoms with van der Waals surface area (Å²) in [6.45, 7) is 2.14. The van der Waals surface area contributed by atoms with Crippen molar-refractivity contribution in [2.75, 3.05) is 20.2 Å². The summed E-state index contributed by atoms with van der Waals surface area (Å²) in [6.07, 6.45) is 0.478. The standard InChI is InChI=1S/C13H16ClNO4S/c1-9-11(14)4-3-5-12(9)20(17,18)15-7-6-10(8-15)13(16)19-2/h3-5,10H,6-8H2,1-2H3. The summed E-state index contributed by atoms with van der Waals surface area (Å²) in [6, 6.07) is 4.79. The number of carbonyl (C=O) groups is 1. The maximum atomic E-state index is 12.6. The van der Waals surface area contributed by atoms with E-state index in [9.17, 15) is 13.2 Å². The second-order valence-corrected chi connectivity index (χ2v) is 7.05. The molecule has 0 saturated carbocycles. The molecule has 2 rings (SSSR count). The first-order valence-electron chi connectivity index (χ1n) is 6.21. The van der Waals surface area contributed by atoms with Crippen LogP contribution in [-0.4, -0.2) is 38.9 Å². The van der Waals surface area contributed by atoms with Crippen LogP contribution in [-0.2, 0) is 19.6 Å². The van der Waals surface area contributed by atoms with E-state index < -0.39 is 15.9 Å². The van der Waals surface area contributed by atoms with Crippen molar-refractivity contribution in [1.82, 2.24) is 4.31 Å². The third-order valence-electron chi connectivity index (χ3n) is 3.52. The van der Waals surface area contributed by atoms with E-state index >= 15 is 0 Å². The molecule has 7 heteroatoms. The minimum Gasteiger partial charge on any atom is -0.469 e. The van der Waals surface area contributed by atoms with Crippen LogP contribution in [0.5, 0.6) is 0 Å². The molecule has 1 aromatic rings. The Balaban J connectivity index is 2.29. The number of hydrogen-bond acceptors (Lipinski definition) is 4. The molecule has 1 aliphatic rings. The lowest BCUT2D eigenvalue weighted by Crippen LogP contribution is -2.30. The predicted octanol–water partition coefficient (Wildman–Crippen LogP) is 1.83. The van der Waals surface area contributed by atoms with E-state index in [0.717, 1.165) is 0 Å². The summed E-state index contributed by atoms with van der Waals surface area (Å²) < 4.78 is 31.1. The number of methoxy groups -OCH3 is 1. The molecular formula is C13H16ClNO4S. The van der Waals surface area contributed by atoms with Gasteiger partial charge in [0.05, 0.1) is 17.9 Å². The molecule has 0 aliphatic carbocycles. The largest absolute Gasteiger partial charge is 0.469 e. The van der Waals surface area contributed by atoms with Gasteiger partial charge in [0.25, 0.3) is 0 Å². The minimum atomic E-state index is -3.63. The van der Waals surface area contributed by atoms with Crippen LogP contribution in [0.15, 0.2) is 23.1 Å². The fourth-order valence-corrected chi connectivity index (χ4v) is 4.29. The number of hydrogen-bond donors (Lipinski definition) is 0.